The van der Waals surface area contributed by atoms with Gasteiger partial charge in [0.15, 0.2) is 0 Å². The van der Waals surface area contributed by atoms with E-state index < -0.39 is 11.7 Å². The topological polar surface area (TPSA) is 96.8 Å². The van der Waals surface area contributed by atoms with Gasteiger partial charge in [0.25, 0.3) is 5.91 Å². The van der Waals surface area contributed by atoms with Gasteiger partial charge in [0.1, 0.15) is 23.3 Å². The summed E-state index contributed by atoms with van der Waals surface area (Å²) in [5, 5.41) is 3.09. The number of imidazole rings is 1. The summed E-state index contributed by atoms with van der Waals surface area (Å²) in [5.74, 6) is 0.952. The Hall–Kier alpha value is -4.14. The second-order valence-corrected chi connectivity index (χ2v) is 9.34. The van der Waals surface area contributed by atoms with Gasteiger partial charge in [0.2, 0.25) is 11.8 Å². The van der Waals surface area contributed by atoms with Gasteiger partial charge in [-0.3, -0.25) is 19.3 Å². The van der Waals surface area contributed by atoms with Crippen LogP contribution < -0.4 is 15.0 Å². The van der Waals surface area contributed by atoms with Crippen molar-refractivity contribution in [2.75, 3.05) is 18.6 Å². The first-order valence-electron chi connectivity index (χ1n) is 12.0. The zero-order chi connectivity index (χ0) is 25.4. The first kappa shape index (κ1) is 23.6. The number of fused-ring (bicyclic) bond motifs is 3. The van der Waals surface area contributed by atoms with Crippen molar-refractivity contribution < 1.29 is 19.1 Å². The lowest BCUT2D eigenvalue weighted by Gasteiger charge is -2.48. The molecule has 9 heteroatoms. The van der Waals surface area contributed by atoms with Crippen molar-refractivity contribution in [1.82, 2.24) is 19.8 Å². The zero-order valence-corrected chi connectivity index (χ0v) is 20.6. The third-order valence-corrected chi connectivity index (χ3v) is 7.16. The normalized spacial score (nSPS) is 19.6. The van der Waals surface area contributed by atoms with Crippen LogP contribution in [0.1, 0.15) is 54.0 Å². The molecule has 36 heavy (non-hydrogen) atoms. The Labute approximate surface area is 209 Å². The number of hydrogen-bond acceptors (Lipinski definition) is 5. The van der Waals surface area contributed by atoms with E-state index in [1.165, 1.54) is 0 Å². The van der Waals surface area contributed by atoms with E-state index in [2.05, 4.69) is 10.3 Å². The summed E-state index contributed by atoms with van der Waals surface area (Å²) in [6.45, 7) is 2.08. The minimum absolute atomic E-state index is 0.0141. The van der Waals surface area contributed by atoms with Gasteiger partial charge in [-0.1, -0.05) is 24.3 Å². The van der Waals surface area contributed by atoms with Crippen LogP contribution in [0.2, 0.25) is 0 Å². The lowest BCUT2D eigenvalue weighted by Crippen LogP contribution is -2.62. The van der Waals surface area contributed by atoms with Gasteiger partial charge in [0, 0.05) is 38.8 Å². The van der Waals surface area contributed by atoms with Crippen LogP contribution in [-0.4, -0.2) is 51.5 Å². The maximum Gasteiger partial charge on any atom is 0.257 e. The fourth-order valence-corrected chi connectivity index (χ4v) is 5.26. The van der Waals surface area contributed by atoms with E-state index in [1.54, 1.807) is 35.2 Å². The number of rotatable bonds is 7. The van der Waals surface area contributed by atoms with Gasteiger partial charge in [-0.05, 0) is 43.2 Å². The quantitative estimate of drug-likeness (QED) is 0.553. The van der Waals surface area contributed by atoms with Crippen molar-refractivity contribution in [3.63, 3.8) is 0 Å². The molecule has 1 fully saturated rings. The summed E-state index contributed by atoms with van der Waals surface area (Å²) in [6, 6.07) is 14.2. The molecule has 9 nitrogen and oxygen atoms in total. The number of anilines is 1. The predicted molar refractivity (Wildman–Crippen MR) is 133 cm³/mol. The zero-order valence-electron chi connectivity index (χ0n) is 20.6. The highest BCUT2D eigenvalue weighted by atomic mass is 16.5. The number of ether oxygens (including phenoxy) is 1. The number of nitrogens with zero attached hydrogens (tertiary/aromatic N) is 4. The van der Waals surface area contributed by atoms with Crippen LogP contribution in [0.3, 0.4) is 0 Å². The number of aromatic nitrogens is 2. The van der Waals surface area contributed by atoms with E-state index in [4.69, 9.17) is 4.74 Å². The van der Waals surface area contributed by atoms with Gasteiger partial charge in [-0.2, -0.15) is 0 Å². The lowest BCUT2D eigenvalue weighted by atomic mass is 9.98. The van der Waals surface area contributed by atoms with Crippen LogP contribution >= 0.6 is 0 Å². The summed E-state index contributed by atoms with van der Waals surface area (Å²) in [7, 11) is 3.47. The van der Waals surface area contributed by atoms with E-state index in [9.17, 15) is 14.4 Å². The van der Waals surface area contributed by atoms with Crippen LogP contribution in [0.25, 0.3) is 0 Å². The van der Waals surface area contributed by atoms with Gasteiger partial charge < -0.3 is 19.5 Å². The molecule has 2 aliphatic heterocycles. The van der Waals surface area contributed by atoms with Crippen molar-refractivity contribution in [1.29, 1.82) is 0 Å². The van der Waals surface area contributed by atoms with E-state index in [0.29, 0.717) is 35.7 Å². The molecule has 0 spiro atoms. The number of aryl methyl sites for hydroxylation is 1. The number of carbonyl (C=O) groups is 3. The molecule has 2 aliphatic rings. The summed E-state index contributed by atoms with van der Waals surface area (Å²) in [6.07, 6.45) is 4.47. The fourth-order valence-electron chi connectivity index (χ4n) is 5.26. The number of carbonyl (C=O) groups excluding carboxylic acids is 3. The second kappa shape index (κ2) is 9.14. The van der Waals surface area contributed by atoms with Crippen LogP contribution in [0.5, 0.6) is 5.75 Å². The first-order chi connectivity index (χ1) is 17.3. The number of hydrogen-bond donors (Lipinski definition) is 1. The van der Waals surface area contributed by atoms with Crippen LogP contribution in [0, 0.1) is 0 Å². The largest absolute Gasteiger partial charge is 0.497 e. The van der Waals surface area contributed by atoms with Crippen molar-refractivity contribution in [2.24, 2.45) is 7.05 Å². The SMILES string of the molecule is COc1cccc(C(NC(=O)CCN2C(=O)c3ccccc3N3C(=O)CCC23C)c2nccn2C)c1. The highest BCUT2D eigenvalue weighted by Crippen LogP contribution is 2.44. The van der Waals surface area contributed by atoms with Gasteiger partial charge in [0.05, 0.1) is 18.4 Å². The minimum Gasteiger partial charge on any atom is -0.497 e. The van der Waals surface area contributed by atoms with Crippen molar-refractivity contribution >= 4 is 23.4 Å². The van der Waals surface area contributed by atoms with E-state index >= 15 is 0 Å². The fraction of sp³-hybridized carbons (Fsp3) is 0.333. The van der Waals surface area contributed by atoms with Crippen molar-refractivity contribution in [3.05, 3.63) is 77.9 Å². The molecule has 1 aromatic heterocycles. The molecular weight excluding hydrogens is 458 g/mol. The average Bonchev–Trinajstić information content (AvgIpc) is 3.44. The standard InChI is InChI=1S/C27H29N5O4/c1-27-13-11-23(34)32(27)21-10-5-4-9-20(21)26(35)31(27)15-12-22(33)29-24(25-28-14-16-30(25)2)18-7-6-8-19(17-18)36-3/h4-10,14,16-17,24H,11-13,15H2,1-3H3,(H,29,33). The molecule has 0 saturated carbocycles. The molecule has 3 aromatic rings. The summed E-state index contributed by atoms with van der Waals surface area (Å²) < 4.78 is 7.23. The first-order valence-corrected chi connectivity index (χ1v) is 12.0. The average molecular weight is 488 g/mol. The van der Waals surface area contributed by atoms with Gasteiger partial charge >= 0.3 is 0 Å². The molecule has 1 N–H and O–H groups in total. The Kier molecular flexibility index (Phi) is 5.99. The predicted octanol–water partition coefficient (Wildman–Crippen LogP) is 3.02. The number of para-hydroxylation sites is 1. The molecule has 0 aliphatic carbocycles. The lowest BCUT2D eigenvalue weighted by molar-refractivity contribution is -0.122. The Bertz CT molecular complexity index is 1330. The molecule has 186 valence electrons. The Morgan fingerprint density at radius 1 is 1.19 bits per heavy atom. The van der Waals surface area contributed by atoms with Crippen LogP contribution in [0.15, 0.2) is 60.9 Å². The molecular formula is C27H29N5O4. The second-order valence-electron chi connectivity index (χ2n) is 9.34. The Morgan fingerprint density at radius 2 is 2.00 bits per heavy atom. The number of methoxy groups -OCH3 is 1. The Morgan fingerprint density at radius 3 is 2.75 bits per heavy atom. The summed E-state index contributed by atoms with van der Waals surface area (Å²) in [5.41, 5.74) is 1.16. The third kappa shape index (κ3) is 3.90. The highest BCUT2D eigenvalue weighted by Gasteiger charge is 2.52. The monoisotopic (exact) mass is 487 g/mol. The molecule has 3 heterocycles. The minimum atomic E-state index is -0.797. The highest BCUT2D eigenvalue weighted by molar-refractivity contribution is 6.10. The maximum atomic E-state index is 13.5. The molecule has 0 radical (unpaired) electrons. The maximum absolute atomic E-state index is 13.5. The van der Waals surface area contributed by atoms with Crippen LogP contribution in [0.4, 0.5) is 5.69 Å². The summed E-state index contributed by atoms with van der Waals surface area (Å²) >= 11 is 0. The summed E-state index contributed by atoms with van der Waals surface area (Å²) in [4.78, 5) is 47.3. The van der Waals surface area contributed by atoms with E-state index in [0.717, 1.165) is 5.56 Å². The molecule has 1 saturated heterocycles. The molecule has 5 rings (SSSR count). The molecule has 2 atom stereocenters. The van der Waals surface area contributed by atoms with Crippen molar-refractivity contribution in [2.45, 2.75) is 37.9 Å². The smallest absolute Gasteiger partial charge is 0.257 e. The third-order valence-electron chi connectivity index (χ3n) is 7.16. The van der Waals surface area contributed by atoms with Gasteiger partial charge in [-0.15, -0.1) is 0 Å². The Balaban J connectivity index is 1.38. The molecule has 3 amide bonds. The molecule has 2 unspecified atom stereocenters. The molecule has 2 aromatic carbocycles. The molecule has 0 bridgehead atoms. The van der Waals surface area contributed by atoms with E-state index in [-0.39, 0.29) is 30.7 Å². The number of amides is 3. The van der Waals surface area contributed by atoms with Crippen molar-refractivity contribution in [3.8, 4) is 5.75 Å². The van der Waals surface area contributed by atoms with E-state index in [1.807, 2.05) is 61.1 Å². The number of benzene rings is 2. The van der Waals surface area contributed by atoms with Gasteiger partial charge in [-0.25, -0.2) is 4.98 Å². The number of nitrogens with one attached hydrogen (secondary N) is 1. The van der Waals surface area contributed by atoms with Crippen LogP contribution in [-0.2, 0) is 16.6 Å².